The summed E-state index contributed by atoms with van der Waals surface area (Å²) in [4.78, 5) is 36.2. The molecule has 0 aliphatic rings. The van der Waals surface area contributed by atoms with Crippen LogP contribution < -0.4 is 26.7 Å². The Balaban J connectivity index is 1.79. The van der Waals surface area contributed by atoms with E-state index in [1.165, 1.54) is 25.5 Å². The van der Waals surface area contributed by atoms with Crippen molar-refractivity contribution in [1.29, 1.82) is 0 Å². The maximum Gasteiger partial charge on any atom is 0.342 e. The molecule has 0 aliphatic heterocycles. The highest BCUT2D eigenvalue weighted by Crippen LogP contribution is 2.16. The summed E-state index contributed by atoms with van der Waals surface area (Å²) in [5.41, 5.74) is 1.65. The van der Waals surface area contributed by atoms with Crippen molar-refractivity contribution < 1.29 is 9.53 Å². The number of carbonyl (C=O) groups excluding carboxylic acids is 1. The summed E-state index contributed by atoms with van der Waals surface area (Å²) in [6.07, 6.45) is 7.29. The zero-order chi connectivity index (χ0) is 20.9. The number of aromatic amines is 2. The number of hydrogen-bond acceptors (Lipinski definition) is 7. The molecule has 10 heteroatoms. The molecule has 0 atom stereocenters. The number of unbranched alkanes of at least 4 members (excludes halogenated alkanes) is 4. The van der Waals surface area contributed by atoms with Gasteiger partial charge >= 0.3 is 5.69 Å². The molecule has 0 saturated heterocycles. The molecular formula is C19H26N6O4. The van der Waals surface area contributed by atoms with Crippen molar-refractivity contribution in [2.24, 2.45) is 5.10 Å². The van der Waals surface area contributed by atoms with Gasteiger partial charge in [-0.2, -0.15) is 5.10 Å². The Bertz CT molecular complexity index is 921. The van der Waals surface area contributed by atoms with Crippen LogP contribution in [0.4, 0.5) is 5.82 Å². The summed E-state index contributed by atoms with van der Waals surface area (Å²) < 4.78 is 5.81. The average Bonchev–Trinajstić information content (AvgIpc) is 2.71. The number of nitrogens with zero attached hydrogens (tertiary/aromatic N) is 2. The van der Waals surface area contributed by atoms with Gasteiger partial charge in [0.1, 0.15) is 5.75 Å². The molecule has 0 aliphatic carbocycles. The zero-order valence-corrected chi connectivity index (χ0v) is 16.4. The number of nitrogens with one attached hydrogen (secondary N) is 4. The second-order valence-corrected chi connectivity index (χ2v) is 6.30. The number of hydrogen-bond donors (Lipinski definition) is 4. The van der Waals surface area contributed by atoms with Gasteiger partial charge in [-0.1, -0.05) is 44.7 Å². The lowest BCUT2D eigenvalue weighted by Gasteiger charge is -2.08. The molecule has 0 fully saturated rings. The molecule has 10 nitrogen and oxygen atoms in total. The van der Waals surface area contributed by atoms with Gasteiger partial charge in [0.2, 0.25) is 5.82 Å². The van der Waals surface area contributed by atoms with E-state index in [1.807, 2.05) is 29.2 Å². The largest absolute Gasteiger partial charge is 0.493 e. The summed E-state index contributed by atoms with van der Waals surface area (Å²) in [5.74, 6) is 0.0486. The van der Waals surface area contributed by atoms with Gasteiger partial charge < -0.3 is 10.1 Å². The molecule has 156 valence electrons. The summed E-state index contributed by atoms with van der Waals surface area (Å²) >= 11 is 0. The normalized spacial score (nSPS) is 10.8. The van der Waals surface area contributed by atoms with Crippen LogP contribution in [0, 0.1) is 0 Å². The van der Waals surface area contributed by atoms with Crippen LogP contribution in [0.1, 0.15) is 44.6 Å². The molecule has 4 N–H and O–H groups in total. The summed E-state index contributed by atoms with van der Waals surface area (Å²) in [5, 5.41) is 12.0. The number of aromatic nitrogens is 3. The summed E-state index contributed by atoms with van der Waals surface area (Å²) in [6.45, 7) is 2.57. The molecule has 0 bridgehead atoms. The number of H-pyrrole nitrogens is 2. The van der Waals surface area contributed by atoms with Crippen LogP contribution in [-0.2, 0) is 4.79 Å². The number of anilines is 1. The lowest BCUT2D eigenvalue weighted by molar-refractivity contribution is -0.119. The first-order chi connectivity index (χ1) is 14.1. The number of amides is 1. The molecular weight excluding hydrogens is 376 g/mol. The topological polar surface area (TPSA) is 141 Å². The number of hydrazone groups is 1. The number of ether oxygens (including phenoxy) is 1. The molecule has 1 heterocycles. The third kappa shape index (κ3) is 7.99. The number of carbonyl (C=O) groups is 1. The molecule has 2 rings (SSSR count). The van der Waals surface area contributed by atoms with E-state index in [0.717, 1.165) is 18.4 Å². The van der Waals surface area contributed by atoms with Crippen molar-refractivity contribution in [1.82, 2.24) is 20.6 Å². The maximum absolute atomic E-state index is 11.8. The van der Waals surface area contributed by atoms with Gasteiger partial charge in [-0.15, -0.1) is 5.10 Å². The Labute approximate surface area is 167 Å². The molecule has 0 radical (unpaired) electrons. The van der Waals surface area contributed by atoms with Crippen molar-refractivity contribution in [3.05, 3.63) is 50.7 Å². The van der Waals surface area contributed by atoms with Crippen LogP contribution in [-0.4, -0.2) is 40.5 Å². The minimum Gasteiger partial charge on any atom is -0.493 e. The standard InChI is InChI=1S/C19H26N6O4/c1-2-3-4-5-8-11-29-15-10-7-6-9-14(15)12-21-23-16(26)13-20-17-18(27)22-19(28)25-24-17/h6-7,9-10,12H,2-5,8,11,13H2,1H3,(H,20,24)(H,23,26)(H2,22,25,27,28)/b21-12+. The Kier molecular flexibility index (Phi) is 9.13. The first-order valence-corrected chi connectivity index (χ1v) is 9.56. The second kappa shape index (κ2) is 12.1. The van der Waals surface area contributed by atoms with E-state index < -0.39 is 17.2 Å². The van der Waals surface area contributed by atoms with Gasteiger partial charge in [-0.3, -0.25) is 14.6 Å². The Hall–Kier alpha value is -3.43. The Morgan fingerprint density at radius 1 is 1.21 bits per heavy atom. The fourth-order valence-electron chi connectivity index (χ4n) is 2.45. The molecule has 0 unspecified atom stereocenters. The Morgan fingerprint density at radius 2 is 2.00 bits per heavy atom. The fraction of sp³-hybridized carbons (Fsp3) is 0.421. The van der Waals surface area contributed by atoms with Crippen LogP contribution in [0.15, 0.2) is 39.0 Å². The molecule has 29 heavy (non-hydrogen) atoms. The highest BCUT2D eigenvalue weighted by Gasteiger charge is 2.05. The first kappa shape index (κ1) is 21.9. The minimum absolute atomic E-state index is 0.165. The molecule has 0 spiro atoms. The second-order valence-electron chi connectivity index (χ2n) is 6.30. The van der Waals surface area contributed by atoms with Gasteiger partial charge in [-0.05, 0) is 18.6 Å². The lowest BCUT2D eigenvalue weighted by Crippen LogP contribution is -2.31. The highest BCUT2D eigenvalue weighted by atomic mass is 16.5. The van der Waals surface area contributed by atoms with Crippen molar-refractivity contribution in [3.63, 3.8) is 0 Å². The Morgan fingerprint density at radius 3 is 2.79 bits per heavy atom. The van der Waals surface area contributed by atoms with E-state index >= 15 is 0 Å². The third-order valence-corrected chi connectivity index (χ3v) is 3.95. The average molecular weight is 402 g/mol. The monoisotopic (exact) mass is 402 g/mol. The van der Waals surface area contributed by atoms with E-state index in [1.54, 1.807) is 0 Å². The van der Waals surface area contributed by atoms with Crippen molar-refractivity contribution in [2.75, 3.05) is 18.5 Å². The number of rotatable bonds is 12. The van der Waals surface area contributed by atoms with E-state index in [-0.39, 0.29) is 12.4 Å². The van der Waals surface area contributed by atoms with E-state index in [2.05, 4.69) is 33.0 Å². The van der Waals surface area contributed by atoms with Gasteiger partial charge in [0.25, 0.3) is 11.5 Å². The molecule has 0 saturated carbocycles. The van der Waals surface area contributed by atoms with Crippen LogP contribution in [0.3, 0.4) is 0 Å². The lowest BCUT2D eigenvalue weighted by atomic mass is 10.2. The smallest absolute Gasteiger partial charge is 0.342 e. The number of para-hydroxylation sites is 1. The molecule has 1 aromatic heterocycles. The van der Waals surface area contributed by atoms with Crippen molar-refractivity contribution >= 4 is 17.9 Å². The van der Waals surface area contributed by atoms with Crippen molar-refractivity contribution in [3.8, 4) is 5.75 Å². The quantitative estimate of drug-likeness (QED) is 0.240. The molecule has 2 aromatic rings. The fourth-order valence-corrected chi connectivity index (χ4v) is 2.45. The molecule has 1 aromatic carbocycles. The van der Waals surface area contributed by atoms with Crippen LogP contribution in [0.5, 0.6) is 5.75 Å². The SMILES string of the molecule is CCCCCCCOc1ccccc1/C=N/NC(=O)CNc1n[nH]c(=O)[nH]c1=O. The molecule has 1 amide bonds. The van der Waals surface area contributed by atoms with E-state index in [4.69, 9.17) is 4.74 Å². The van der Waals surface area contributed by atoms with E-state index in [9.17, 15) is 14.4 Å². The van der Waals surface area contributed by atoms with Gasteiger partial charge in [0.05, 0.1) is 19.4 Å². The van der Waals surface area contributed by atoms with Crippen LogP contribution in [0.2, 0.25) is 0 Å². The van der Waals surface area contributed by atoms with Gasteiger partial charge in [0.15, 0.2) is 0 Å². The summed E-state index contributed by atoms with van der Waals surface area (Å²) in [7, 11) is 0. The predicted molar refractivity (Wildman–Crippen MR) is 110 cm³/mol. The minimum atomic E-state index is -0.726. The summed E-state index contributed by atoms with van der Waals surface area (Å²) in [6, 6.07) is 7.42. The van der Waals surface area contributed by atoms with Crippen LogP contribution in [0.25, 0.3) is 0 Å². The maximum atomic E-state index is 11.8. The predicted octanol–water partition coefficient (Wildman–Crippen LogP) is 1.37. The highest BCUT2D eigenvalue weighted by molar-refractivity contribution is 5.86. The zero-order valence-electron chi connectivity index (χ0n) is 16.4. The first-order valence-electron chi connectivity index (χ1n) is 9.56. The van der Waals surface area contributed by atoms with E-state index in [0.29, 0.717) is 12.4 Å². The number of benzene rings is 1. The van der Waals surface area contributed by atoms with Crippen molar-refractivity contribution in [2.45, 2.75) is 39.0 Å². The van der Waals surface area contributed by atoms with Gasteiger partial charge in [-0.25, -0.2) is 15.3 Å². The van der Waals surface area contributed by atoms with Gasteiger partial charge in [0, 0.05) is 5.56 Å². The van der Waals surface area contributed by atoms with Crippen LogP contribution >= 0.6 is 0 Å². The third-order valence-electron chi connectivity index (χ3n) is 3.95.